The number of rotatable bonds is 4. The highest BCUT2D eigenvalue weighted by atomic mass is 32.2. The SMILES string of the molecule is CCc1cn(S(=O)(=O)c2ccc(C)cc2)c2ncc3cnn(C)c3c12.CCc1cnc2ncc3c[nH]n(C)c3c12. The van der Waals surface area contributed by atoms with Crippen LogP contribution in [-0.4, -0.2) is 46.9 Å². The summed E-state index contributed by atoms with van der Waals surface area (Å²) in [6.45, 7) is 6.08. The van der Waals surface area contributed by atoms with Crippen molar-refractivity contribution in [1.29, 1.82) is 0 Å². The van der Waals surface area contributed by atoms with Crippen LogP contribution in [0.3, 0.4) is 0 Å². The molecule has 6 aromatic heterocycles. The second kappa shape index (κ2) is 9.60. The summed E-state index contributed by atoms with van der Waals surface area (Å²) in [5.74, 6) is 0. The number of hydrogen-bond donors (Lipinski definition) is 1. The van der Waals surface area contributed by atoms with E-state index in [1.165, 1.54) is 20.4 Å². The zero-order chi connectivity index (χ0) is 28.2. The molecule has 1 N–H and O–H groups in total. The van der Waals surface area contributed by atoms with E-state index in [2.05, 4.69) is 32.1 Å². The molecule has 0 amide bonds. The Bertz CT molecular complexity index is 2130. The Balaban J connectivity index is 0.000000164. The quantitative estimate of drug-likeness (QED) is 0.326. The largest absolute Gasteiger partial charge is 0.305 e. The Labute approximate surface area is 231 Å². The van der Waals surface area contributed by atoms with Crippen molar-refractivity contribution in [2.24, 2.45) is 14.1 Å². The third kappa shape index (κ3) is 3.96. The van der Waals surface area contributed by atoms with E-state index in [1.54, 1.807) is 47.5 Å². The predicted octanol–water partition coefficient (Wildman–Crippen LogP) is 5.04. The summed E-state index contributed by atoms with van der Waals surface area (Å²) in [4.78, 5) is 13.4. The van der Waals surface area contributed by atoms with Gasteiger partial charge in [0, 0.05) is 66.6 Å². The molecule has 11 heteroatoms. The number of nitrogens with zero attached hydrogens (tertiary/aromatic N) is 7. The van der Waals surface area contributed by atoms with Gasteiger partial charge in [0.15, 0.2) is 11.3 Å². The van der Waals surface area contributed by atoms with Gasteiger partial charge < -0.3 is 5.10 Å². The lowest BCUT2D eigenvalue weighted by Crippen LogP contribution is -2.12. The third-order valence-electron chi connectivity index (χ3n) is 7.37. The monoisotopic (exact) mass is 554 g/mol. The average Bonchev–Trinajstić information content (AvgIpc) is 3.73. The van der Waals surface area contributed by atoms with Crippen LogP contribution in [0.5, 0.6) is 0 Å². The smallest absolute Gasteiger partial charge is 0.269 e. The van der Waals surface area contributed by atoms with E-state index in [9.17, 15) is 8.42 Å². The molecule has 0 unspecified atom stereocenters. The van der Waals surface area contributed by atoms with Crippen LogP contribution in [-0.2, 0) is 37.0 Å². The lowest BCUT2D eigenvalue weighted by atomic mass is 10.1. The summed E-state index contributed by atoms with van der Waals surface area (Å²) in [6.07, 6.45) is 12.5. The number of aromatic amines is 1. The van der Waals surface area contributed by atoms with Gasteiger partial charge in [-0.15, -0.1) is 0 Å². The van der Waals surface area contributed by atoms with Crippen LogP contribution in [0.4, 0.5) is 0 Å². The van der Waals surface area contributed by atoms with Crippen molar-refractivity contribution in [1.82, 2.24) is 38.5 Å². The molecule has 0 fully saturated rings. The molecule has 0 aliphatic rings. The van der Waals surface area contributed by atoms with Gasteiger partial charge >= 0.3 is 0 Å². The van der Waals surface area contributed by atoms with Gasteiger partial charge in [-0.2, -0.15) is 5.10 Å². The Hall–Kier alpha value is -4.51. The number of fused-ring (bicyclic) bond motifs is 6. The molecule has 0 aliphatic heterocycles. The first kappa shape index (κ1) is 25.8. The highest BCUT2D eigenvalue weighted by molar-refractivity contribution is 7.90. The number of aryl methyl sites for hydroxylation is 5. The summed E-state index contributed by atoms with van der Waals surface area (Å²) in [5.41, 5.74) is 6.59. The van der Waals surface area contributed by atoms with Crippen molar-refractivity contribution >= 4 is 53.9 Å². The fraction of sp³-hybridized carbons (Fsp3) is 0.241. The maximum absolute atomic E-state index is 13.1. The van der Waals surface area contributed by atoms with Gasteiger partial charge in [0.2, 0.25) is 0 Å². The molecule has 0 saturated heterocycles. The second-order valence-electron chi connectivity index (χ2n) is 9.88. The van der Waals surface area contributed by atoms with Crippen LogP contribution < -0.4 is 0 Å². The van der Waals surface area contributed by atoms with Crippen molar-refractivity contribution in [3.63, 3.8) is 0 Å². The Morgan fingerprint density at radius 1 is 0.825 bits per heavy atom. The standard InChI is InChI=1S/C18H18N4O2S.C11H12N4/c1-4-13-11-22(25(23,24)15-7-5-12(2)6-8-15)18-16(13)17-14(9-19-18)10-20-21(17)3;1-3-7-4-12-11-9(7)10-8(5-13-11)6-14-15(10)2/h5-11H,4H2,1-3H3;4-6,14H,3H2,1-2H3. The zero-order valence-corrected chi connectivity index (χ0v) is 23.9. The fourth-order valence-electron chi connectivity index (χ4n) is 5.23. The fourth-order valence-corrected chi connectivity index (χ4v) is 6.57. The maximum atomic E-state index is 13.1. The predicted molar refractivity (Wildman–Crippen MR) is 157 cm³/mol. The van der Waals surface area contributed by atoms with Crippen LogP contribution in [0, 0.1) is 6.92 Å². The van der Waals surface area contributed by atoms with Crippen LogP contribution in [0.1, 0.15) is 30.5 Å². The van der Waals surface area contributed by atoms with Crippen molar-refractivity contribution in [3.8, 4) is 0 Å². The van der Waals surface area contributed by atoms with Crippen LogP contribution in [0.15, 0.2) is 66.3 Å². The van der Waals surface area contributed by atoms with E-state index < -0.39 is 10.0 Å². The number of hydrogen-bond acceptors (Lipinski definition) is 6. The number of pyridine rings is 2. The summed E-state index contributed by atoms with van der Waals surface area (Å²) < 4.78 is 31.4. The van der Waals surface area contributed by atoms with Crippen molar-refractivity contribution < 1.29 is 8.42 Å². The van der Waals surface area contributed by atoms with Gasteiger partial charge in [-0.3, -0.25) is 9.36 Å². The summed E-state index contributed by atoms with van der Waals surface area (Å²) >= 11 is 0. The molecule has 204 valence electrons. The van der Waals surface area contributed by atoms with Crippen molar-refractivity contribution in [2.75, 3.05) is 0 Å². The van der Waals surface area contributed by atoms with E-state index >= 15 is 0 Å². The summed E-state index contributed by atoms with van der Waals surface area (Å²) in [7, 11) is 0.151. The van der Waals surface area contributed by atoms with E-state index in [-0.39, 0.29) is 4.90 Å². The molecule has 0 spiro atoms. The molecule has 0 atom stereocenters. The molecule has 40 heavy (non-hydrogen) atoms. The second-order valence-corrected chi connectivity index (χ2v) is 11.7. The summed E-state index contributed by atoms with van der Waals surface area (Å²) in [5, 5.41) is 11.5. The maximum Gasteiger partial charge on any atom is 0.269 e. The number of benzene rings is 1. The number of aromatic nitrogens is 8. The first-order chi connectivity index (χ1) is 19.2. The molecule has 10 nitrogen and oxygen atoms in total. The number of nitrogens with one attached hydrogen (secondary N) is 1. The molecule has 1 aromatic carbocycles. The Morgan fingerprint density at radius 2 is 1.52 bits per heavy atom. The molecule has 0 radical (unpaired) electrons. The molecule has 0 saturated carbocycles. The molecule has 7 aromatic rings. The Morgan fingerprint density at radius 3 is 2.25 bits per heavy atom. The van der Waals surface area contributed by atoms with Gasteiger partial charge in [0.05, 0.1) is 22.1 Å². The average molecular weight is 555 g/mol. The number of H-pyrrole nitrogens is 1. The normalized spacial score (nSPS) is 12.0. The van der Waals surface area contributed by atoms with Crippen molar-refractivity contribution in [3.05, 3.63) is 78.1 Å². The van der Waals surface area contributed by atoms with E-state index in [1.807, 2.05) is 51.2 Å². The minimum absolute atomic E-state index is 0.254. The van der Waals surface area contributed by atoms with Gasteiger partial charge in [0.25, 0.3) is 10.0 Å². The molecular formula is C29H30N8O2S. The third-order valence-corrected chi connectivity index (χ3v) is 9.03. The minimum atomic E-state index is -3.71. The molecule has 0 aliphatic carbocycles. The van der Waals surface area contributed by atoms with Gasteiger partial charge in [-0.25, -0.2) is 27.3 Å². The highest BCUT2D eigenvalue weighted by Crippen LogP contribution is 2.31. The lowest BCUT2D eigenvalue weighted by Gasteiger charge is -2.07. The van der Waals surface area contributed by atoms with Crippen LogP contribution in [0.2, 0.25) is 0 Å². The lowest BCUT2D eigenvalue weighted by molar-refractivity contribution is 0.588. The minimum Gasteiger partial charge on any atom is -0.305 e. The molecule has 0 bridgehead atoms. The summed E-state index contributed by atoms with van der Waals surface area (Å²) in [6, 6.07) is 6.85. The van der Waals surface area contributed by atoms with E-state index in [0.717, 1.165) is 44.9 Å². The van der Waals surface area contributed by atoms with Crippen LogP contribution in [0.25, 0.3) is 43.9 Å². The van der Waals surface area contributed by atoms with Crippen LogP contribution >= 0.6 is 0 Å². The van der Waals surface area contributed by atoms with Crippen molar-refractivity contribution in [2.45, 2.75) is 38.5 Å². The highest BCUT2D eigenvalue weighted by Gasteiger charge is 2.24. The first-order valence-corrected chi connectivity index (χ1v) is 14.6. The molecular weight excluding hydrogens is 524 g/mol. The van der Waals surface area contributed by atoms with E-state index in [0.29, 0.717) is 12.1 Å². The Kier molecular flexibility index (Phi) is 6.18. The molecule has 6 heterocycles. The van der Waals surface area contributed by atoms with E-state index in [4.69, 9.17) is 0 Å². The van der Waals surface area contributed by atoms with Gasteiger partial charge in [-0.05, 0) is 43.0 Å². The topological polar surface area (TPSA) is 116 Å². The van der Waals surface area contributed by atoms with Gasteiger partial charge in [-0.1, -0.05) is 31.5 Å². The zero-order valence-electron chi connectivity index (χ0n) is 23.0. The molecule has 7 rings (SSSR count). The van der Waals surface area contributed by atoms with Gasteiger partial charge in [0.1, 0.15) is 0 Å². The first-order valence-electron chi connectivity index (χ1n) is 13.1.